The van der Waals surface area contributed by atoms with Crippen molar-refractivity contribution in [2.45, 2.75) is 39.2 Å². The molecule has 3 nitrogen and oxygen atoms in total. The summed E-state index contributed by atoms with van der Waals surface area (Å²) in [7, 11) is 0. The number of hydrogen-bond acceptors (Lipinski definition) is 4. The molecule has 2 aromatic rings. The molecule has 2 aliphatic heterocycles. The highest BCUT2D eigenvalue weighted by atomic mass is 32.2. The Balaban J connectivity index is 1.51. The van der Waals surface area contributed by atoms with E-state index < -0.39 is 0 Å². The van der Waals surface area contributed by atoms with E-state index in [0.717, 1.165) is 38.3 Å². The summed E-state index contributed by atoms with van der Waals surface area (Å²) in [5, 5.41) is 3.72. The lowest BCUT2D eigenvalue weighted by Gasteiger charge is -2.37. The molecule has 0 aliphatic carbocycles. The fraction of sp³-hybridized carbons (Fsp3) is 0.385. The molecule has 4 rings (SSSR count). The highest BCUT2D eigenvalue weighted by molar-refractivity contribution is 7.96. The Hall–Kier alpha value is -2.17. The summed E-state index contributed by atoms with van der Waals surface area (Å²) in [6, 6.07) is 19.7. The van der Waals surface area contributed by atoms with Crippen molar-refractivity contribution in [3.8, 4) is 0 Å². The third-order valence-electron chi connectivity index (χ3n) is 5.98. The van der Waals surface area contributed by atoms with Crippen LogP contribution in [0.15, 0.2) is 77.6 Å². The summed E-state index contributed by atoms with van der Waals surface area (Å²) in [6.45, 7) is 11.0. The number of rotatable bonds is 5. The van der Waals surface area contributed by atoms with Crippen molar-refractivity contribution in [1.29, 1.82) is 0 Å². The highest BCUT2D eigenvalue weighted by Gasteiger charge is 2.26. The molecule has 0 aromatic heterocycles. The van der Waals surface area contributed by atoms with Crippen LogP contribution in [0.1, 0.15) is 38.3 Å². The molecular weight excluding hydrogens is 386 g/mol. The van der Waals surface area contributed by atoms with Gasteiger partial charge in [0, 0.05) is 37.8 Å². The van der Waals surface area contributed by atoms with Crippen molar-refractivity contribution in [3.05, 3.63) is 88.8 Å². The molecule has 0 spiro atoms. The van der Waals surface area contributed by atoms with Crippen molar-refractivity contribution in [3.63, 3.8) is 0 Å². The Morgan fingerprint density at radius 2 is 1.70 bits per heavy atom. The molecular formula is C26H33N3S. The lowest BCUT2D eigenvalue weighted by Crippen LogP contribution is -2.37. The van der Waals surface area contributed by atoms with Crippen LogP contribution >= 0.6 is 11.9 Å². The third-order valence-corrected chi connectivity index (χ3v) is 6.68. The largest absolute Gasteiger partial charge is 0.354 e. The van der Waals surface area contributed by atoms with Crippen molar-refractivity contribution >= 4 is 17.6 Å². The summed E-state index contributed by atoms with van der Waals surface area (Å²) < 4.78 is 2.34. The lowest BCUT2D eigenvalue weighted by molar-refractivity contribution is 0.271. The van der Waals surface area contributed by atoms with E-state index in [-0.39, 0.29) is 5.41 Å². The minimum absolute atomic E-state index is 0.180. The first-order valence-electron chi connectivity index (χ1n) is 10.8. The van der Waals surface area contributed by atoms with Gasteiger partial charge in [0.15, 0.2) is 0 Å². The second-order valence-electron chi connectivity index (χ2n) is 9.28. The first-order valence-corrected chi connectivity index (χ1v) is 12.0. The molecule has 0 unspecified atom stereocenters. The molecule has 4 heteroatoms. The van der Waals surface area contributed by atoms with Gasteiger partial charge in [0.05, 0.1) is 12.2 Å². The van der Waals surface area contributed by atoms with E-state index in [4.69, 9.17) is 0 Å². The summed E-state index contributed by atoms with van der Waals surface area (Å²) in [5.74, 6) is 0. The summed E-state index contributed by atoms with van der Waals surface area (Å²) in [5.41, 5.74) is 8.41. The molecule has 158 valence electrons. The number of benzene rings is 2. The Morgan fingerprint density at radius 3 is 2.37 bits per heavy atom. The van der Waals surface area contributed by atoms with Gasteiger partial charge in [-0.05, 0) is 46.2 Å². The van der Waals surface area contributed by atoms with E-state index >= 15 is 0 Å². The van der Waals surface area contributed by atoms with Crippen molar-refractivity contribution < 1.29 is 0 Å². The maximum Gasteiger partial charge on any atom is 0.0589 e. The summed E-state index contributed by atoms with van der Waals surface area (Å²) in [4.78, 5) is 2.58. The van der Waals surface area contributed by atoms with E-state index in [2.05, 4.69) is 102 Å². The predicted octanol–water partition coefficient (Wildman–Crippen LogP) is 6.03. The van der Waals surface area contributed by atoms with Gasteiger partial charge in [-0.3, -0.25) is 4.90 Å². The van der Waals surface area contributed by atoms with Gasteiger partial charge in [0.1, 0.15) is 0 Å². The molecule has 0 saturated carbocycles. The summed E-state index contributed by atoms with van der Waals surface area (Å²) >= 11 is 1.79. The molecule has 0 atom stereocenters. The summed E-state index contributed by atoms with van der Waals surface area (Å²) in [6.07, 6.45) is 5.54. The number of anilines is 1. The number of allylic oxidation sites excluding steroid dienone is 1. The first-order chi connectivity index (χ1) is 14.4. The quantitative estimate of drug-likeness (QED) is 0.596. The zero-order chi connectivity index (χ0) is 21.1. The van der Waals surface area contributed by atoms with E-state index in [9.17, 15) is 0 Å². The number of nitrogens with one attached hydrogen (secondary N) is 1. The maximum atomic E-state index is 3.72. The average molecular weight is 420 g/mol. The van der Waals surface area contributed by atoms with E-state index in [1.54, 1.807) is 17.5 Å². The van der Waals surface area contributed by atoms with E-state index in [1.165, 1.54) is 22.4 Å². The van der Waals surface area contributed by atoms with Crippen LogP contribution in [0.25, 0.3) is 0 Å². The molecule has 30 heavy (non-hydrogen) atoms. The SMILES string of the molecule is CSN1C=C(Nc2ccc(C(C)(C)C)cc2)C2=C(CN(Cc3ccccc3)CC2)C1. The normalized spacial score (nSPS) is 17.6. The van der Waals surface area contributed by atoms with Gasteiger partial charge >= 0.3 is 0 Å². The predicted molar refractivity (Wildman–Crippen MR) is 130 cm³/mol. The monoisotopic (exact) mass is 419 g/mol. The molecule has 2 aromatic carbocycles. The van der Waals surface area contributed by atoms with E-state index in [1.807, 2.05) is 0 Å². The van der Waals surface area contributed by atoms with Crippen LogP contribution in [-0.2, 0) is 12.0 Å². The zero-order valence-corrected chi connectivity index (χ0v) is 19.4. The topological polar surface area (TPSA) is 18.5 Å². The average Bonchev–Trinajstić information content (AvgIpc) is 2.74. The van der Waals surface area contributed by atoms with Gasteiger partial charge in [0.25, 0.3) is 0 Å². The third kappa shape index (κ3) is 4.93. The Bertz CT molecular complexity index is 923. The Morgan fingerprint density at radius 1 is 0.967 bits per heavy atom. The smallest absolute Gasteiger partial charge is 0.0589 e. The zero-order valence-electron chi connectivity index (χ0n) is 18.6. The van der Waals surface area contributed by atoms with Gasteiger partial charge in [-0.15, -0.1) is 0 Å². The van der Waals surface area contributed by atoms with Gasteiger partial charge in [-0.1, -0.05) is 75.2 Å². The van der Waals surface area contributed by atoms with Crippen molar-refractivity contribution in [2.24, 2.45) is 0 Å². The molecule has 2 aliphatic rings. The second-order valence-corrected chi connectivity index (χ2v) is 10.1. The highest BCUT2D eigenvalue weighted by Crippen LogP contribution is 2.33. The number of hydrogen-bond donors (Lipinski definition) is 1. The fourth-order valence-corrected chi connectivity index (χ4v) is 4.72. The van der Waals surface area contributed by atoms with Crippen LogP contribution in [0.2, 0.25) is 0 Å². The van der Waals surface area contributed by atoms with Crippen molar-refractivity contribution in [1.82, 2.24) is 9.21 Å². The Labute approximate surface area is 186 Å². The van der Waals surface area contributed by atoms with Crippen LogP contribution in [0.3, 0.4) is 0 Å². The Kier molecular flexibility index (Phi) is 6.26. The minimum atomic E-state index is 0.180. The molecule has 0 bridgehead atoms. The van der Waals surface area contributed by atoms with Crippen LogP contribution in [0, 0.1) is 0 Å². The van der Waals surface area contributed by atoms with Crippen molar-refractivity contribution in [2.75, 3.05) is 31.2 Å². The van der Waals surface area contributed by atoms with Gasteiger partial charge < -0.3 is 9.62 Å². The molecule has 1 N–H and O–H groups in total. The van der Waals surface area contributed by atoms with Gasteiger partial charge in [-0.25, -0.2) is 0 Å². The van der Waals surface area contributed by atoms with Gasteiger partial charge in [0.2, 0.25) is 0 Å². The molecule has 2 heterocycles. The maximum absolute atomic E-state index is 3.72. The first kappa shape index (κ1) is 21.1. The van der Waals surface area contributed by atoms with Gasteiger partial charge in [-0.2, -0.15) is 0 Å². The fourth-order valence-electron chi connectivity index (χ4n) is 4.23. The minimum Gasteiger partial charge on any atom is -0.354 e. The second kappa shape index (κ2) is 8.91. The van der Waals surface area contributed by atoms with E-state index in [0.29, 0.717) is 0 Å². The molecule has 0 saturated heterocycles. The number of nitrogens with zero attached hydrogens (tertiary/aromatic N) is 2. The van der Waals surface area contributed by atoms with Crippen LogP contribution < -0.4 is 5.32 Å². The molecule has 0 fully saturated rings. The van der Waals surface area contributed by atoms with Crippen LogP contribution in [-0.4, -0.2) is 35.1 Å². The van der Waals surface area contributed by atoms with Crippen LogP contribution in [0.5, 0.6) is 0 Å². The standard InChI is InChI=1S/C26H33N3S/c1-26(2,3)22-10-12-23(13-11-22)27-25-19-29(30-4)18-21-17-28(15-14-24(21)25)16-20-8-6-5-7-9-20/h5-13,19,27H,14-18H2,1-4H3. The van der Waals surface area contributed by atoms with Crippen LogP contribution in [0.4, 0.5) is 5.69 Å². The molecule has 0 radical (unpaired) electrons. The molecule has 0 amide bonds. The lowest BCUT2D eigenvalue weighted by atomic mass is 9.87.